The van der Waals surface area contributed by atoms with Gasteiger partial charge in [0, 0.05) is 16.9 Å². The molecule has 7 heteroatoms. The van der Waals surface area contributed by atoms with Crippen LogP contribution in [-0.2, 0) is 14.3 Å². The molecule has 4 aliphatic rings. The van der Waals surface area contributed by atoms with Crippen LogP contribution >= 0.6 is 0 Å². The summed E-state index contributed by atoms with van der Waals surface area (Å²) >= 11 is 0. The Morgan fingerprint density at radius 1 is 0.941 bits per heavy atom. The molecule has 0 saturated heterocycles. The molecule has 3 fully saturated rings. The maximum absolute atomic E-state index is 12.8. The number of benzene rings is 2. The number of carboxylic acid groups (broad SMARTS) is 1. The van der Waals surface area contributed by atoms with Crippen LogP contribution in [0.4, 0.5) is 4.79 Å². The molecule has 7 nitrogen and oxygen atoms in total. The van der Waals surface area contributed by atoms with Crippen molar-refractivity contribution in [2.75, 3.05) is 6.61 Å². The molecule has 0 unspecified atom stereocenters. The predicted molar refractivity (Wildman–Crippen MR) is 126 cm³/mol. The molecule has 0 aliphatic heterocycles. The molecule has 0 radical (unpaired) electrons. The van der Waals surface area contributed by atoms with E-state index in [1.165, 1.54) is 29.2 Å². The molecule has 3 N–H and O–H groups in total. The number of nitrogens with one attached hydrogen (secondary N) is 2. The molecule has 2 bridgehead atoms. The monoisotopic (exact) mass is 462 g/mol. The SMILES string of the molecule is C[C@H](NC(=O)C12CCC(NC(=O)OCC3c4ccccc4-c4ccccc43)(CC1)CC2)C(=O)O. The average Bonchev–Trinajstić information content (AvgIpc) is 3.17. The molecule has 4 aliphatic carbocycles. The van der Waals surface area contributed by atoms with Crippen molar-refractivity contribution in [3.63, 3.8) is 0 Å². The van der Waals surface area contributed by atoms with E-state index in [1.807, 2.05) is 24.3 Å². The number of amides is 2. The second-order valence-corrected chi connectivity index (χ2v) is 10.0. The van der Waals surface area contributed by atoms with Crippen LogP contribution in [0, 0.1) is 5.41 Å². The summed E-state index contributed by atoms with van der Waals surface area (Å²) in [7, 11) is 0. The third-order valence-electron chi connectivity index (χ3n) is 8.16. The maximum Gasteiger partial charge on any atom is 0.407 e. The van der Waals surface area contributed by atoms with Crippen LogP contribution in [-0.4, -0.2) is 41.3 Å². The van der Waals surface area contributed by atoms with Gasteiger partial charge < -0.3 is 20.5 Å². The number of carboxylic acids is 1. The smallest absolute Gasteiger partial charge is 0.407 e. The van der Waals surface area contributed by atoms with Crippen LogP contribution in [0.25, 0.3) is 11.1 Å². The van der Waals surface area contributed by atoms with Crippen molar-refractivity contribution in [3.8, 4) is 11.1 Å². The van der Waals surface area contributed by atoms with Crippen LogP contribution in [0.3, 0.4) is 0 Å². The van der Waals surface area contributed by atoms with Gasteiger partial charge in [0.05, 0.1) is 0 Å². The molecule has 6 rings (SSSR count). The molecular formula is C27H30N2O5. The van der Waals surface area contributed by atoms with E-state index in [2.05, 4.69) is 34.9 Å². The number of ether oxygens (including phenoxy) is 1. The van der Waals surface area contributed by atoms with Gasteiger partial charge in [-0.25, -0.2) is 4.79 Å². The van der Waals surface area contributed by atoms with Gasteiger partial charge >= 0.3 is 12.1 Å². The van der Waals surface area contributed by atoms with E-state index in [0.29, 0.717) is 38.5 Å². The van der Waals surface area contributed by atoms with Crippen LogP contribution in [0.2, 0.25) is 0 Å². The first kappa shape index (κ1) is 22.4. The third-order valence-corrected chi connectivity index (χ3v) is 8.16. The normalized spacial score (nSPS) is 25.7. The molecule has 1 atom stereocenters. The van der Waals surface area contributed by atoms with E-state index < -0.39 is 23.5 Å². The molecule has 2 aromatic carbocycles. The Hall–Kier alpha value is -3.35. The summed E-state index contributed by atoms with van der Waals surface area (Å²) in [5, 5.41) is 14.9. The number of alkyl carbamates (subject to hydrolysis) is 1. The van der Waals surface area contributed by atoms with E-state index in [-0.39, 0.29) is 24.0 Å². The highest BCUT2D eigenvalue weighted by Gasteiger charge is 2.53. The zero-order valence-corrected chi connectivity index (χ0v) is 19.3. The lowest BCUT2D eigenvalue weighted by atomic mass is 9.57. The molecule has 3 saturated carbocycles. The van der Waals surface area contributed by atoms with Gasteiger partial charge in [-0.2, -0.15) is 0 Å². The van der Waals surface area contributed by atoms with Gasteiger partial charge in [0.25, 0.3) is 0 Å². The van der Waals surface area contributed by atoms with E-state index in [1.54, 1.807) is 0 Å². The van der Waals surface area contributed by atoms with Crippen molar-refractivity contribution in [3.05, 3.63) is 59.7 Å². The largest absolute Gasteiger partial charge is 0.480 e. The fraction of sp³-hybridized carbons (Fsp3) is 0.444. The number of carbonyl (C=O) groups excluding carboxylic acids is 2. The van der Waals surface area contributed by atoms with Gasteiger partial charge in [-0.05, 0) is 67.7 Å². The Balaban J connectivity index is 1.20. The van der Waals surface area contributed by atoms with Crippen molar-refractivity contribution < 1.29 is 24.2 Å². The number of hydrogen-bond acceptors (Lipinski definition) is 4. The fourth-order valence-corrected chi connectivity index (χ4v) is 5.98. The van der Waals surface area contributed by atoms with Crippen LogP contribution in [0.15, 0.2) is 48.5 Å². The summed E-state index contributed by atoms with van der Waals surface area (Å²) in [5.41, 5.74) is 3.85. The van der Waals surface area contributed by atoms with Gasteiger partial charge in [-0.1, -0.05) is 48.5 Å². The van der Waals surface area contributed by atoms with Crippen LogP contribution in [0.1, 0.15) is 62.5 Å². The molecule has 0 aromatic heterocycles. The first-order chi connectivity index (χ1) is 16.3. The van der Waals surface area contributed by atoms with Gasteiger partial charge in [-0.15, -0.1) is 0 Å². The lowest BCUT2D eigenvalue weighted by Crippen LogP contribution is -2.60. The predicted octanol–water partition coefficient (Wildman–Crippen LogP) is 4.21. The molecule has 34 heavy (non-hydrogen) atoms. The summed E-state index contributed by atoms with van der Waals surface area (Å²) in [5.74, 6) is -1.21. The Kier molecular flexibility index (Phi) is 5.58. The second kappa shape index (κ2) is 8.46. The quantitative estimate of drug-likeness (QED) is 0.597. The molecule has 2 amide bonds. The Morgan fingerprint density at radius 3 is 2.00 bits per heavy atom. The van der Waals surface area contributed by atoms with E-state index in [4.69, 9.17) is 9.84 Å². The standard InChI is InChI=1S/C27H30N2O5/c1-17(23(30)31)28-24(32)26-10-13-27(14-11-26,15-12-26)29-25(33)34-16-22-20-8-4-2-6-18(20)19-7-3-5-9-21(19)22/h2-9,17,22H,10-16H2,1H3,(H,28,32)(H,29,33)(H,30,31)/t17-,26?,27?/m0/s1. The topological polar surface area (TPSA) is 105 Å². The van der Waals surface area contributed by atoms with Crippen LogP contribution in [0.5, 0.6) is 0 Å². The van der Waals surface area contributed by atoms with Crippen molar-refractivity contribution in [1.29, 1.82) is 0 Å². The van der Waals surface area contributed by atoms with Crippen LogP contribution < -0.4 is 10.6 Å². The Bertz CT molecular complexity index is 1070. The Labute approximate surface area is 198 Å². The summed E-state index contributed by atoms with van der Waals surface area (Å²) in [4.78, 5) is 36.7. The highest BCUT2D eigenvalue weighted by Crippen LogP contribution is 2.52. The number of carbonyl (C=O) groups is 3. The van der Waals surface area contributed by atoms with Gasteiger partial charge in [0.2, 0.25) is 5.91 Å². The first-order valence-corrected chi connectivity index (χ1v) is 12.0. The van der Waals surface area contributed by atoms with Gasteiger partial charge in [-0.3, -0.25) is 9.59 Å². The highest BCUT2D eigenvalue weighted by atomic mass is 16.5. The summed E-state index contributed by atoms with van der Waals surface area (Å²) < 4.78 is 5.74. The molecule has 0 spiro atoms. The van der Waals surface area contributed by atoms with Crippen molar-refractivity contribution >= 4 is 18.0 Å². The second-order valence-electron chi connectivity index (χ2n) is 10.0. The number of fused-ring (bicyclic) bond motifs is 6. The average molecular weight is 463 g/mol. The maximum atomic E-state index is 12.8. The molecule has 178 valence electrons. The minimum absolute atomic E-state index is 0.0148. The summed E-state index contributed by atoms with van der Waals surface area (Å²) in [6, 6.07) is 15.6. The summed E-state index contributed by atoms with van der Waals surface area (Å²) in [6.07, 6.45) is 3.54. The highest BCUT2D eigenvalue weighted by molar-refractivity contribution is 5.87. The van der Waals surface area contributed by atoms with Crippen molar-refractivity contribution in [2.24, 2.45) is 5.41 Å². The van der Waals surface area contributed by atoms with Gasteiger partial charge in [0.1, 0.15) is 12.6 Å². The zero-order chi connectivity index (χ0) is 23.9. The summed E-state index contributed by atoms with van der Waals surface area (Å²) in [6.45, 7) is 1.75. The lowest BCUT2D eigenvalue weighted by Gasteiger charge is -2.52. The van der Waals surface area contributed by atoms with Gasteiger partial charge in [0.15, 0.2) is 0 Å². The number of hydrogen-bond donors (Lipinski definition) is 3. The molecule has 0 heterocycles. The first-order valence-electron chi connectivity index (χ1n) is 12.0. The third kappa shape index (κ3) is 3.83. The fourth-order valence-electron chi connectivity index (χ4n) is 5.98. The van der Waals surface area contributed by atoms with Crippen molar-refractivity contribution in [1.82, 2.24) is 10.6 Å². The molecular weight excluding hydrogens is 432 g/mol. The molecule has 2 aromatic rings. The number of aliphatic carboxylic acids is 1. The number of rotatable bonds is 6. The minimum atomic E-state index is -1.04. The zero-order valence-electron chi connectivity index (χ0n) is 19.3. The van der Waals surface area contributed by atoms with E-state index in [9.17, 15) is 14.4 Å². The van der Waals surface area contributed by atoms with E-state index >= 15 is 0 Å². The lowest BCUT2D eigenvalue weighted by molar-refractivity contribution is -0.146. The minimum Gasteiger partial charge on any atom is -0.480 e. The Morgan fingerprint density at radius 2 is 1.47 bits per heavy atom. The van der Waals surface area contributed by atoms with Crippen molar-refractivity contribution in [2.45, 2.75) is 62.9 Å². The van der Waals surface area contributed by atoms with E-state index in [0.717, 1.165) is 0 Å².